The summed E-state index contributed by atoms with van der Waals surface area (Å²) in [4.78, 5) is 6.96. The van der Waals surface area contributed by atoms with Crippen LogP contribution in [0.4, 0.5) is 0 Å². The first-order chi connectivity index (χ1) is 14.4. The molecule has 0 bridgehead atoms. The molecule has 30 heavy (non-hydrogen) atoms. The van der Waals surface area contributed by atoms with Crippen molar-refractivity contribution in [1.29, 1.82) is 0 Å². The molecule has 0 aliphatic heterocycles. The predicted octanol–water partition coefficient (Wildman–Crippen LogP) is 4.34. The van der Waals surface area contributed by atoms with Gasteiger partial charge in [-0.1, -0.05) is 36.4 Å². The standard InChI is InChI=1S/C24H29N5O/c1-6-18-8-10-21-22(14-18)30-24(25-21)23(19-9-7-16(2)17(3)13-19)29-15-20(26-27-29)11-12-28(4)5/h7-10,13-15,23H,6,11-12H2,1-5H3. The van der Waals surface area contributed by atoms with Crippen LogP contribution in [0.15, 0.2) is 47.0 Å². The van der Waals surface area contributed by atoms with E-state index in [2.05, 4.69) is 80.4 Å². The number of aryl methyl sites for hydroxylation is 3. The Morgan fingerprint density at radius 2 is 1.90 bits per heavy atom. The lowest BCUT2D eigenvalue weighted by atomic mass is 10.0. The highest BCUT2D eigenvalue weighted by atomic mass is 16.3. The third-order valence-corrected chi connectivity index (χ3v) is 5.60. The number of benzene rings is 2. The van der Waals surface area contributed by atoms with Crippen molar-refractivity contribution in [3.8, 4) is 0 Å². The maximum atomic E-state index is 6.25. The number of oxazole rings is 1. The summed E-state index contributed by atoms with van der Waals surface area (Å²) in [5.41, 5.74) is 7.45. The molecule has 2 aromatic heterocycles. The van der Waals surface area contributed by atoms with Crippen LogP contribution in [0.5, 0.6) is 0 Å². The number of hydrogen-bond acceptors (Lipinski definition) is 5. The zero-order valence-electron chi connectivity index (χ0n) is 18.4. The third-order valence-electron chi connectivity index (χ3n) is 5.60. The van der Waals surface area contributed by atoms with Gasteiger partial charge in [0, 0.05) is 19.2 Å². The fraction of sp³-hybridized carbons (Fsp3) is 0.375. The Morgan fingerprint density at radius 3 is 2.63 bits per heavy atom. The molecule has 4 rings (SSSR count). The molecule has 0 N–H and O–H groups in total. The van der Waals surface area contributed by atoms with Crippen LogP contribution in [0.3, 0.4) is 0 Å². The third kappa shape index (κ3) is 4.14. The Hall–Kier alpha value is -2.99. The van der Waals surface area contributed by atoms with Crippen LogP contribution in [-0.2, 0) is 12.8 Å². The summed E-state index contributed by atoms with van der Waals surface area (Å²) < 4.78 is 8.13. The number of aromatic nitrogens is 4. The quantitative estimate of drug-likeness (QED) is 0.459. The van der Waals surface area contributed by atoms with Crippen LogP contribution >= 0.6 is 0 Å². The van der Waals surface area contributed by atoms with E-state index in [0.717, 1.165) is 41.7 Å². The van der Waals surface area contributed by atoms with Crippen molar-refractivity contribution in [3.63, 3.8) is 0 Å². The van der Waals surface area contributed by atoms with Gasteiger partial charge in [0.05, 0.1) is 5.69 Å². The van der Waals surface area contributed by atoms with Crippen LogP contribution in [0.2, 0.25) is 0 Å². The Bertz CT molecular complexity index is 1160. The summed E-state index contributed by atoms with van der Waals surface area (Å²) >= 11 is 0. The van der Waals surface area contributed by atoms with Crippen LogP contribution in [0.25, 0.3) is 11.1 Å². The van der Waals surface area contributed by atoms with Crippen molar-refractivity contribution in [1.82, 2.24) is 24.9 Å². The lowest BCUT2D eigenvalue weighted by Crippen LogP contribution is -2.15. The SMILES string of the molecule is CCc1ccc2nc(C(c3ccc(C)c(C)c3)n3cc(CCN(C)C)nn3)oc2c1. The lowest BCUT2D eigenvalue weighted by molar-refractivity contribution is 0.411. The molecule has 0 saturated carbocycles. The first-order valence-electron chi connectivity index (χ1n) is 10.5. The Kier molecular flexibility index (Phi) is 5.68. The van der Waals surface area contributed by atoms with E-state index < -0.39 is 0 Å². The van der Waals surface area contributed by atoms with Gasteiger partial charge in [0.25, 0.3) is 0 Å². The number of nitrogens with zero attached hydrogens (tertiary/aromatic N) is 5. The first kappa shape index (κ1) is 20.3. The highest BCUT2D eigenvalue weighted by molar-refractivity contribution is 5.73. The normalized spacial score (nSPS) is 12.7. The molecule has 0 fully saturated rings. The van der Waals surface area contributed by atoms with Gasteiger partial charge in [0.1, 0.15) is 5.52 Å². The molecular weight excluding hydrogens is 374 g/mol. The minimum Gasteiger partial charge on any atom is -0.438 e. The van der Waals surface area contributed by atoms with Gasteiger partial charge in [0.15, 0.2) is 11.6 Å². The molecule has 1 atom stereocenters. The molecule has 0 saturated heterocycles. The average molecular weight is 404 g/mol. The van der Waals surface area contributed by atoms with E-state index in [4.69, 9.17) is 9.40 Å². The molecule has 6 heteroatoms. The molecule has 0 aliphatic rings. The minimum absolute atomic E-state index is 0.262. The van der Waals surface area contributed by atoms with Gasteiger partial charge in [-0.3, -0.25) is 0 Å². The van der Waals surface area contributed by atoms with Gasteiger partial charge in [-0.15, -0.1) is 5.10 Å². The van der Waals surface area contributed by atoms with E-state index in [1.165, 1.54) is 16.7 Å². The second-order valence-electron chi connectivity index (χ2n) is 8.20. The zero-order chi connectivity index (χ0) is 21.3. The van der Waals surface area contributed by atoms with Crippen molar-refractivity contribution in [3.05, 3.63) is 76.4 Å². The predicted molar refractivity (Wildman–Crippen MR) is 119 cm³/mol. The number of rotatable bonds is 7. The highest BCUT2D eigenvalue weighted by Gasteiger charge is 2.24. The monoisotopic (exact) mass is 403 g/mol. The number of hydrogen-bond donors (Lipinski definition) is 0. The van der Waals surface area contributed by atoms with Gasteiger partial charge < -0.3 is 9.32 Å². The number of likely N-dealkylation sites (N-methyl/N-ethyl adjacent to an activating group) is 1. The van der Waals surface area contributed by atoms with Crippen molar-refractivity contribution >= 4 is 11.1 Å². The molecule has 4 aromatic rings. The molecule has 2 aromatic carbocycles. The molecule has 0 spiro atoms. The van der Waals surface area contributed by atoms with E-state index in [1.54, 1.807) is 0 Å². The Balaban J connectivity index is 1.79. The fourth-order valence-electron chi connectivity index (χ4n) is 3.56. The summed E-state index contributed by atoms with van der Waals surface area (Å²) in [6, 6.07) is 12.4. The van der Waals surface area contributed by atoms with Crippen LogP contribution in [0, 0.1) is 13.8 Å². The highest BCUT2D eigenvalue weighted by Crippen LogP contribution is 2.30. The smallest absolute Gasteiger partial charge is 0.225 e. The van der Waals surface area contributed by atoms with E-state index in [9.17, 15) is 0 Å². The van der Waals surface area contributed by atoms with Gasteiger partial charge >= 0.3 is 0 Å². The van der Waals surface area contributed by atoms with E-state index in [0.29, 0.717) is 5.89 Å². The molecule has 6 nitrogen and oxygen atoms in total. The summed E-state index contributed by atoms with van der Waals surface area (Å²) in [5, 5.41) is 8.85. The maximum absolute atomic E-state index is 6.25. The summed E-state index contributed by atoms with van der Waals surface area (Å²) in [6.07, 6.45) is 3.82. The van der Waals surface area contributed by atoms with Crippen molar-refractivity contribution in [2.45, 2.75) is 39.7 Å². The van der Waals surface area contributed by atoms with Crippen molar-refractivity contribution in [2.24, 2.45) is 0 Å². The second kappa shape index (κ2) is 8.40. The van der Waals surface area contributed by atoms with E-state index in [1.807, 2.05) is 16.9 Å². The molecule has 2 heterocycles. The van der Waals surface area contributed by atoms with Gasteiger partial charge in [-0.05, 0) is 68.8 Å². The molecule has 0 radical (unpaired) electrons. The first-order valence-corrected chi connectivity index (χ1v) is 10.5. The van der Waals surface area contributed by atoms with Gasteiger partial charge in [-0.2, -0.15) is 0 Å². The van der Waals surface area contributed by atoms with Crippen LogP contribution in [-0.4, -0.2) is 45.5 Å². The van der Waals surface area contributed by atoms with Crippen LogP contribution in [0.1, 0.15) is 46.8 Å². The van der Waals surface area contributed by atoms with E-state index >= 15 is 0 Å². The molecule has 1 unspecified atom stereocenters. The van der Waals surface area contributed by atoms with E-state index in [-0.39, 0.29) is 6.04 Å². The summed E-state index contributed by atoms with van der Waals surface area (Å²) in [5.74, 6) is 0.630. The molecule has 156 valence electrons. The maximum Gasteiger partial charge on any atom is 0.225 e. The zero-order valence-corrected chi connectivity index (χ0v) is 18.4. The summed E-state index contributed by atoms with van der Waals surface area (Å²) in [6.45, 7) is 7.31. The fourth-order valence-corrected chi connectivity index (χ4v) is 3.56. The number of fused-ring (bicyclic) bond motifs is 1. The van der Waals surface area contributed by atoms with Gasteiger partial charge in [0.2, 0.25) is 5.89 Å². The van der Waals surface area contributed by atoms with Gasteiger partial charge in [-0.25, -0.2) is 9.67 Å². The van der Waals surface area contributed by atoms with Crippen molar-refractivity contribution in [2.75, 3.05) is 20.6 Å². The summed E-state index contributed by atoms with van der Waals surface area (Å²) in [7, 11) is 4.12. The second-order valence-corrected chi connectivity index (χ2v) is 8.20. The van der Waals surface area contributed by atoms with Crippen LogP contribution < -0.4 is 0 Å². The Labute approximate surface area is 177 Å². The lowest BCUT2D eigenvalue weighted by Gasteiger charge is -2.15. The molecule has 0 aliphatic carbocycles. The average Bonchev–Trinajstić information content (AvgIpc) is 3.35. The molecular formula is C24H29N5O. The largest absolute Gasteiger partial charge is 0.438 e. The minimum atomic E-state index is -0.262. The topological polar surface area (TPSA) is 60.0 Å². The molecule has 0 amide bonds. The Morgan fingerprint density at radius 1 is 1.07 bits per heavy atom. The van der Waals surface area contributed by atoms with Crippen molar-refractivity contribution < 1.29 is 4.42 Å².